The van der Waals surface area contributed by atoms with E-state index < -0.39 is 12.0 Å². The van der Waals surface area contributed by atoms with E-state index in [0.717, 1.165) is 16.3 Å². The summed E-state index contributed by atoms with van der Waals surface area (Å²) in [5.41, 5.74) is 1.72. The minimum absolute atomic E-state index is 0.364. The second-order valence-electron chi connectivity index (χ2n) is 4.58. The number of aryl methyl sites for hydroxylation is 1. The number of carbonyl (C=O) groups is 2. The highest BCUT2D eigenvalue weighted by Gasteiger charge is 2.20. The van der Waals surface area contributed by atoms with Crippen LogP contribution in [0.5, 0.6) is 0 Å². The molecule has 0 aliphatic carbocycles. The molecule has 2 rings (SSSR count). The standard InChI is InChI=1S/C15H15NO3/c1-9-3-4-12-8-13(6-5-11(12)7-9)14(15(18)19)16-10(2)17/h3-8,14H,1-2H3,(H,16,17)(H,18,19). The number of benzene rings is 2. The monoisotopic (exact) mass is 257 g/mol. The minimum atomic E-state index is -1.07. The Hall–Kier alpha value is -2.36. The van der Waals surface area contributed by atoms with Crippen LogP contribution in [-0.4, -0.2) is 17.0 Å². The summed E-state index contributed by atoms with van der Waals surface area (Å²) < 4.78 is 0. The Morgan fingerprint density at radius 3 is 2.37 bits per heavy atom. The summed E-state index contributed by atoms with van der Waals surface area (Å²) in [5.74, 6) is -1.43. The molecular weight excluding hydrogens is 242 g/mol. The first-order valence-electron chi connectivity index (χ1n) is 5.97. The Balaban J connectivity index is 2.46. The number of carboxylic acids is 1. The van der Waals surface area contributed by atoms with E-state index in [1.165, 1.54) is 6.92 Å². The van der Waals surface area contributed by atoms with Gasteiger partial charge in [-0.05, 0) is 29.3 Å². The van der Waals surface area contributed by atoms with Gasteiger partial charge in [0.1, 0.15) is 0 Å². The minimum Gasteiger partial charge on any atom is -0.479 e. The smallest absolute Gasteiger partial charge is 0.330 e. The van der Waals surface area contributed by atoms with Crippen LogP contribution >= 0.6 is 0 Å². The molecular formula is C15H15NO3. The molecule has 2 N–H and O–H groups in total. The normalized spacial score (nSPS) is 12.1. The second-order valence-corrected chi connectivity index (χ2v) is 4.58. The number of rotatable bonds is 3. The molecule has 0 aliphatic heterocycles. The van der Waals surface area contributed by atoms with E-state index in [1.54, 1.807) is 12.1 Å². The van der Waals surface area contributed by atoms with Gasteiger partial charge in [0.2, 0.25) is 5.91 Å². The van der Waals surface area contributed by atoms with Gasteiger partial charge in [0.15, 0.2) is 6.04 Å². The van der Waals surface area contributed by atoms with Crippen LogP contribution in [0, 0.1) is 6.92 Å². The molecule has 2 aromatic rings. The number of fused-ring (bicyclic) bond motifs is 1. The second kappa shape index (κ2) is 5.10. The first-order chi connectivity index (χ1) is 8.97. The number of amides is 1. The molecule has 0 aromatic heterocycles. The van der Waals surface area contributed by atoms with E-state index in [0.29, 0.717) is 5.56 Å². The van der Waals surface area contributed by atoms with Gasteiger partial charge in [0, 0.05) is 6.92 Å². The summed E-state index contributed by atoms with van der Waals surface area (Å²) in [7, 11) is 0. The van der Waals surface area contributed by atoms with E-state index >= 15 is 0 Å². The van der Waals surface area contributed by atoms with Gasteiger partial charge in [-0.25, -0.2) is 4.79 Å². The van der Waals surface area contributed by atoms with Crippen molar-refractivity contribution in [3.05, 3.63) is 47.5 Å². The maximum atomic E-state index is 11.2. The summed E-state index contributed by atoms with van der Waals surface area (Å²) in [5, 5.41) is 13.6. The Labute approximate surface area is 111 Å². The van der Waals surface area contributed by atoms with E-state index in [4.69, 9.17) is 0 Å². The fraction of sp³-hybridized carbons (Fsp3) is 0.200. The third-order valence-electron chi connectivity index (χ3n) is 2.95. The van der Waals surface area contributed by atoms with E-state index in [-0.39, 0.29) is 5.91 Å². The predicted octanol–water partition coefficient (Wildman–Crippen LogP) is 2.41. The van der Waals surface area contributed by atoms with Gasteiger partial charge in [-0.3, -0.25) is 4.79 Å². The van der Waals surface area contributed by atoms with Crippen LogP contribution in [-0.2, 0) is 9.59 Å². The van der Waals surface area contributed by atoms with E-state index in [1.807, 2.05) is 31.2 Å². The number of carboxylic acid groups (broad SMARTS) is 1. The molecule has 4 nitrogen and oxygen atoms in total. The number of carbonyl (C=O) groups excluding carboxylic acids is 1. The van der Waals surface area contributed by atoms with Crippen molar-refractivity contribution in [2.24, 2.45) is 0 Å². The largest absolute Gasteiger partial charge is 0.479 e. The highest BCUT2D eigenvalue weighted by molar-refractivity contribution is 5.87. The molecule has 1 amide bonds. The van der Waals surface area contributed by atoms with Crippen LogP contribution in [0.1, 0.15) is 24.1 Å². The Morgan fingerprint density at radius 2 is 1.74 bits per heavy atom. The molecule has 0 saturated heterocycles. The molecule has 4 heteroatoms. The topological polar surface area (TPSA) is 66.4 Å². The van der Waals surface area contributed by atoms with Gasteiger partial charge in [-0.15, -0.1) is 0 Å². The van der Waals surface area contributed by atoms with Crippen molar-refractivity contribution >= 4 is 22.6 Å². The Kier molecular flexibility index (Phi) is 3.51. The van der Waals surface area contributed by atoms with Crippen LogP contribution < -0.4 is 5.32 Å². The molecule has 0 fully saturated rings. The lowest BCUT2D eigenvalue weighted by Gasteiger charge is -2.14. The first kappa shape index (κ1) is 13.1. The predicted molar refractivity (Wildman–Crippen MR) is 72.9 cm³/mol. The lowest BCUT2D eigenvalue weighted by atomic mass is 10.0. The molecule has 0 bridgehead atoms. The van der Waals surface area contributed by atoms with Crippen LogP contribution in [0.15, 0.2) is 36.4 Å². The number of nitrogens with one attached hydrogen (secondary N) is 1. The SMILES string of the molecule is CC(=O)NC(C(=O)O)c1ccc2cc(C)ccc2c1. The molecule has 1 unspecified atom stereocenters. The van der Waals surface area contributed by atoms with Gasteiger partial charge in [-0.1, -0.05) is 35.9 Å². The van der Waals surface area contributed by atoms with Crippen molar-refractivity contribution in [3.63, 3.8) is 0 Å². The molecule has 0 radical (unpaired) electrons. The summed E-state index contributed by atoms with van der Waals surface area (Å²) in [6.07, 6.45) is 0. The van der Waals surface area contributed by atoms with Gasteiger partial charge < -0.3 is 10.4 Å². The number of hydrogen-bond acceptors (Lipinski definition) is 2. The summed E-state index contributed by atoms with van der Waals surface area (Å²) >= 11 is 0. The third-order valence-corrected chi connectivity index (χ3v) is 2.95. The van der Waals surface area contributed by atoms with Gasteiger partial charge in [0.25, 0.3) is 0 Å². The van der Waals surface area contributed by atoms with Crippen molar-refractivity contribution in [3.8, 4) is 0 Å². The fourth-order valence-corrected chi connectivity index (χ4v) is 2.05. The quantitative estimate of drug-likeness (QED) is 0.887. The highest BCUT2D eigenvalue weighted by Crippen LogP contribution is 2.22. The zero-order valence-electron chi connectivity index (χ0n) is 10.8. The highest BCUT2D eigenvalue weighted by atomic mass is 16.4. The number of hydrogen-bond donors (Lipinski definition) is 2. The maximum Gasteiger partial charge on any atom is 0.330 e. The van der Waals surface area contributed by atoms with Crippen LogP contribution in [0.4, 0.5) is 0 Å². The average Bonchev–Trinajstić information content (AvgIpc) is 2.35. The number of aliphatic carboxylic acids is 1. The first-order valence-corrected chi connectivity index (χ1v) is 5.97. The molecule has 0 heterocycles. The zero-order chi connectivity index (χ0) is 14.0. The molecule has 1 atom stereocenters. The fourth-order valence-electron chi connectivity index (χ4n) is 2.05. The van der Waals surface area contributed by atoms with Crippen molar-refractivity contribution < 1.29 is 14.7 Å². The average molecular weight is 257 g/mol. The zero-order valence-corrected chi connectivity index (χ0v) is 10.8. The molecule has 0 spiro atoms. The Bertz CT molecular complexity index is 649. The summed E-state index contributed by atoms with van der Waals surface area (Å²) in [6, 6.07) is 10.3. The van der Waals surface area contributed by atoms with E-state index in [2.05, 4.69) is 5.32 Å². The van der Waals surface area contributed by atoms with Crippen molar-refractivity contribution in [1.29, 1.82) is 0 Å². The van der Waals surface area contributed by atoms with Gasteiger partial charge >= 0.3 is 5.97 Å². The van der Waals surface area contributed by atoms with Crippen LogP contribution in [0.25, 0.3) is 10.8 Å². The molecule has 2 aromatic carbocycles. The third kappa shape index (κ3) is 2.91. The van der Waals surface area contributed by atoms with E-state index in [9.17, 15) is 14.7 Å². The summed E-state index contributed by atoms with van der Waals surface area (Å²) in [6.45, 7) is 3.31. The summed E-state index contributed by atoms with van der Waals surface area (Å²) in [4.78, 5) is 22.3. The molecule has 98 valence electrons. The van der Waals surface area contributed by atoms with Crippen molar-refractivity contribution in [1.82, 2.24) is 5.32 Å². The van der Waals surface area contributed by atoms with Crippen LogP contribution in [0.2, 0.25) is 0 Å². The van der Waals surface area contributed by atoms with Crippen molar-refractivity contribution in [2.75, 3.05) is 0 Å². The molecule has 19 heavy (non-hydrogen) atoms. The van der Waals surface area contributed by atoms with Gasteiger partial charge in [-0.2, -0.15) is 0 Å². The lowest BCUT2D eigenvalue weighted by molar-refractivity contribution is -0.141. The Morgan fingerprint density at radius 1 is 1.11 bits per heavy atom. The molecule has 0 aliphatic rings. The van der Waals surface area contributed by atoms with Crippen LogP contribution in [0.3, 0.4) is 0 Å². The maximum absolute atomic E-state index is 11.2. The van der Waals surface area contributed by atoms with Crippen molar-refractivity contribution in [2.45, 2.75) is 19.9 Å². The van der Waals surface area contributed by atoms with Gasteiger partial charge in [0.05, 0.1) is 0 Å². The molecule has 0 saturated carbocycles. The lowest BCUT2D eigenvalue weighted by Crippen LogP contribution is -2.31.